The molecule has 4 heterocycles. The highest BCUT2D eigenvalue weighted by atomic mass is 35.5. The Kier molecular flexibility index (Phi) is 4.72. The first-order valence-corrected chi connectivity index (χ1v) is 9.00. The number of carbonyl (C=O) groups is 2. The number of hydrogen-bond acceptors (Lipinski definition) is 5. The molecule has 0 saturated carbocycles. The summed E-state index contributed by atoms with van der Waals surface area (Å²) >= 11 is 5.77. The van der Waals surface area contributed by atoms with Crippen molar-refractivity contribution in [3.63, 3.8) is 0 Å². The molecule has 0 bridgehead atoms. The van der Waals surface area contributed by atoms with Gasteiger partial charge in [-0.15, -0.1) is 0 Å². The molecule has 3 aromatic rings. The van der Waals surface area contributed by atoms with Gasteiger partial charge < -0.3 is 10.2 Å². The number of hydrogen-bond donors (Lipinski definition) is 1. The van der Waals surface area contributed by atoms with Crippen molar-refractivity contribution in [3.8, 4) is 0 Å². The number of anilines is 1. The minimum absolute atomic E-state index is 0.264. The van der Waals surface area contributed by atoms with Crippen molar-refractivity contribution in [1.82, 2.24) is 24.5 Å². The number of nitrogens with zero attached hydrogens (tertiary/aromatic N) is 5. The number of halogens is 1. The first-order valence-electron chi connectivity index (χ1n) is 8.62. The minimum Gasteiger partial charge on any atom is -0.334 e. The third-order valence-corrected chi connectivity index (χ3v) is 4.91. The topological polar surface area (TPSA) is 92.5 Å². The van der Waals surface area contributed by atoms with Crippen molar-refractivity contribution < 1.29 is 9.59 Å². The molecule has 3 aromatic heterocycles. The molecule has 27 heavy (non-hydrogen) atoms. The number of nitrogens with one attached hydrogen (secondary N) is 1. The lowest BCUT2D eigenvalue weighted by atomic mass is 9.93. The zero-order valence-electron chi connectivity index (χ0n) is 14.4. The van der Waals surface area contributed by atoms with Crippen LogP contribution in [0.1, 0.15) is 24.5 Å². The van der Waals surface area contributed by atoms with Crippen LogP contribution in [-0.4, -0.2) is 49.4 Å². The monoisotopic (exact) mass is 384 g/mol. The molecule has 9 heteroatoms. The van der Waals surface area contributed by atoms with E-state index in [1.54, 1.807) is 29.4 Å². The summed E-state index contributed by atoms with van der Waals surface area (Å²) < 4.78 is 1.83. The molecule has 0 atom stereocenters. The molecule has 0 spiro atoms. The van der Waals surface area contributed by atoms with Gasteiger partial charge in [-0.1, -0.05) is 11.6 Å². The fourth-order valence-electron chi connectivity index (χ4n) is 3.30. The first-order chi connectivity index (χ1) is 13.1. The molecule has 0 radical (unpaired) electrons. The lowest BCUT2D eigenvalue weighted by Gasteiger charge is -2.31. The van der Waals surface area contributed by atoms with Crippen LogP contribution in [-0.2, 0) is 9.59 Å². The fraction of sp³-hybridized carbons (Fsp3) is 0.278. The van der Waals surface area contributed by atoms with Crippen molar-refractivity contribution in [2.75, 3.05) is 18.4 Å². The molecule has 4 rings (SSSR count). The van der Waals surface area contributed by atoms with Crippen LogP contribution in [0.15, 0.2) is 42.9 Å². The van der Waals surface area contributed by atoms with Gasteiger partial charge in [-0.2, -0.15) is 5.10 Å². The maximum Gasteiger partial charge on any atom is 0.315 e. The molecule has 1 N–H and O–H groups in total. The SMILES string of the molecule is O=C(Nc1ccc(Cl)cn1)C(=O)N1CCC(c2ccnc3ccnn23)CC1. The van der Waals surface area contributed by atoms with Gasteiger partial charge in [0.2, 0.25) is 0 Å². The Bertz CT molecular complexity index is 979. The second-order valence-electron chi connectivity index (χ2n) is 6.35. The van der Waals surface area contributed by atoms with E-state index < -0.39 is 11.8 Å². The van der Waals surface area contributed by atoms with Crippen molar-refractivity contribution >= 4 is 34.9 Å². The number of rotatable bonds is 2. The van der Waals surface area contributed by atoms with Gasteiger partial charge >= 0.3 is 11.8 Å². The largest absolute Gasteiger partial charge is 0.334 e. The molecular weight excluding hydrogens is 368 g/mol. The molecule has 0 aromatic carbocycles. The molecule has 1 aliphatic rings. The highest BCUT2D eigenvalue weighted by Crippen LogP contribution is 2.28. The van der Waals surface area contributed by atoms with Gasteiger partial charge in [-0.3, -0.25) is 9.59 Å². The van der Waals surface area contributed by atoms with Crippen LogP contribution >= 0.6 is 11.6 Å². The third-order valence-electron chi connectivity index (χ3n) is 4.68. The highest BCUT2D eigenvalue weighted by molar-refractivity contribution is 6.39. The average molecular weight is 385 g/mol. The summed E-state index contributed by atoms with van der Waals surface area (Å²) in [5.41, 5.74) is 1.88. The molecule has 138 valence electrons. The van der Waals surface area contributed by atoms with Gasteiger partial charge in [0.1, 0.15) is 5.82 Å². The second-order valence-corrected chi connectivity index (χ2v) is 6.79. The van der Waals surface area contributed by atoms with Gasteiger partial charge in [0.25, 0.3) is 0 Å². The standard InChI is InChI=1S/C18H17ClN6O2/c19-13-1-2-15(21-11-13)23-17(26)18(27)24-9-5-12(6-10-24)14-3-7-20-16-4-8-22-25(14)16/h1-4,7-8,11-12H,5-6,9-10H2,(H,21,23,26). The summed E-state index contributed by atoms with van der Waals surface area (Å²) in [5.74, 6) is -0.684. The van der Waals surface area contributed by atoms with Crippen molar-refractivity contribution in [2.24, 2.45) is 0 Å². The van der Waals surface area contributed by atoms with E-state index in [1.165, 1.54) is 6.20 Å². The molecular formula is C18H17ClN6O2. The average Bonchev–Trinajstić information content (AvgIpc) is 3.18. The summed E-state index contributed by atoms with van der Waals surface area (Å²) in [5, 5.41) is 7.29. The van der Waals surface area contributed by atoms with Crippen LogP contribution in [0.5, 0.6) is 0 Å². The number of carbonyl (C=O) groups excluding carboxylic acids is 2. The molecule has 0 unspecified atom stereocenters. The van der Waals surface area contributed by atoms with E-state index in [0.29, 0.717) is 23.9 Å². The zero-order valence-corrected chi connectivity index (χ0v) is 15.1. The normalized spacial score (nSPS) is 15.1. The Hall–Kier alpha value is -3.00. The van der Waals surface area contributed by atoms with E-state index in [0.717, 1.165) is 24.2 Å². The Labute approximate surface area is 160 Å². The summed E-state index contributed by atoms with van der Waals surface area (Å²) in [6.45, 7) is 1.02. The number of pyridine rings is 1. The Balaban J connectivity index is 1.38. The van der Waals surface area contributed by atoms with Crippen molar-refractivity contribution in [3.05, 3.63) is 53.6 Å². The lowest BCUT2D eigenvalue weighted by molar-refractivity contribution is -0.143. The van der Waals surface area contributed by atoms with E-state index in [2.05, 4.69) is 20.4 Å². The van der Waals surface area contributed by atoms with Crippen LogP contribution in [0.4, 0.5) is 5.82 Å². The molecule has 1 saturated heterocycles. The van der Waals surface area contributed by atoms with E-state index in [1.807, 2.05) is 16.6 Å². The smallest absolute Gasteiger partial charge is 0.315 e. The quantitative estimate of drug-likeness (QED) is 0.683. The summed E-state index contributed by atoms with van der Waals surface area (Å²) in [4.78, 5) is 34.4. The van der Waals surface area contributed by atoms with Crippen LogP contribution < -0.4 is 5.32 Å². The van der Waals surface area contributed by atoms with E-state index >= 15 is 0 Å². The minimum atomic E-state index is -0.693. The summed E-state index contributed by atoms with van der Waals surface area (Å²) in [7, 11) is 0. The van der Waals surface area contributed by atoms with Crippen LogP contribution in [0, 0.1) is 0 Å². The molecule has 8 nitrogen and oxygen atoms in total. The molecule has 2 amide bonds. The first kappa shape index (κ1) is 17.4. The highest BCUT2D eigenvalue weighted by Gasteiger charge is 2.29. The van der Waals surface area contributed by atoms with E-state index in [4.69, 9.17) is 11.6 Å². The predicted octanol–water partition coefficient (Wildman–Crippen LogP) is 2.12. The predicted molar refractivity (Wildman–Crippen MR) is 99.4 cm³/mol. The van der Waals surface area contributed by atoms with E-state index in [-0.39, 0.29) is 5.92 Å². The Morgan fingerprint density at radius 3 is 2.63 bits per heavy atom. The van der Waals surface area contributed by atoms with E-state index in [9.17, 15) is 9.59 Å². The fourth-order valence-corrected chi connectivity index (χ4v) is 3.42. The maximum atomic E-state index is 12.4. The number of fused-ring (bicyclic) bond motifs is 1. The second kappa shape index (κ2) is 7.32. The van der Waals surface area contributed by atoms with Gasteiger partial charge in [-0.25, -0.2) is 14.5 Å². The third kappa shape index (κ3) is 3.61. The summed E-state index contributed by atoms with van der Waals surface area (Å²) in [6, 6.07) is 6.97. The number of piperidine rings is 1. The van der Waals surface area contributed by atoms with Gasteiger partial charge in [0.15, 0.2) is 5.65 Å². The van der Waals surface area contributed by atoms with Crippen LogP contribution in [0.3, 0.4) is 0 Å². The lowest BCUT2D eigenvalue weighted by Crippen LogP contribution is -2.44. The summed E-state index contributed by atoms with van der Waals surface area (Å²) in [6.07, 6.45) is 6.43. The molecule has 1 aliphatic heterocycles. The van der Waals surface area contributed by atoms with Crippen molar-refractivity contribution in [2.45, 2.75) is 18.8 Å². The number of amides is 2. The molecule has 0 aliphatic carbocycles. The number of likely N-dealkylation sites (tertiary alicyclic amines) is 1. The maximum absolute atomic E-state index is 12.4. The zero-order chi connectivity index (χ0) is 18.8. The van der Waals surface area contributed by atoms with Crippen molar-refractivity contribution in [1.29, 1.82) is 0 Å². The van der Waals surface area contributed by atoms with Crippen LogP contribution in [0.2, 0.25) is 5.02 Å². The van der Waals surface area contributed by atoms with Gasteiger partial charge in [0, 0.05) is 43.2 Å². The van der Waals surface area contributed by atoms with Gasteiger partial charge in [0.05, 0.1) is 11.2 Å². The van der Waals surface area contributed by atoms with Crippen LogP contribution in [0.25, 0.3) is 5.65 Å². The Morgan fingerprint density at radius 1 is 1.07 bits per heavy atom. The van der Waals surface area contributed by atoms with Gasteiger partial charge in [-0.05, 0) is 31.0 Å². The Morgan fingerprint density at radius 2 is 1.89 bits per heavy atom. The number of aromatic nitrogens is 4. The molecule has 1 fully saturated rings.